The Bertz CT molecular complexity index is 1740. The number of ether oxygens (including phenoxy) is 1. The number of nitrogens with one attached hydrogen (secondary N) is 1. The summed E-state index contributed by atoms with van der Waals surface area (Å²) in [5.41, 5.74) is 3.69. The standard InChI is InChI=1S/C37H41N5O4/c1-45-29-11-12-32-31(24-29)30(13-16-38-32)33(43)25-40-17-14-27(15-18-40)39-37(44)36(35-23-26-7-5-6-10-34(26)46-35)42-21-19-41(20-22-42)28-8-3-2-4-9-28/h2-13,16,23-24,27,33,36,43H,14-15,17-22,25H2,1H3,(H,39,44)/t33-,36?/m0/s1. The molecule has 0 bridgehead atoms. The minimum absolute atomic E-state index is 0.0112. The first-order chi connectivity index (χ1) is 22.6. The van der Waals surface area contributed by atoms with Gasteiger partial charge in [0, 0.05) is 74.5 Å². The number of aromatic nitrogens is 1. The summed E-state index contributed by atoms with van der Waals surface area (Å²) in [7, 11) is 1.64. The quantitative estimate of drug-likeness (QED) is 0.234. The molecule has 0 saturated carbocycles. The SMILES string of the molecule is COc1ccc2nccc([C@@H](O)CN3CCC(NC(=O)C(c4cc5ccccc5o4)N4CCN(c5ccccc5)CC4)CC3)c2c1. The summed E-state index contributed by atoms with van der Waals surface area (Å²) in [6, 6.07) is 27.6. The maximum atomic E-state index is 14.1. The Balaban J connectivity index is 1.00. The number of furan rings is 1. The first kappa shape index (κ1) is 30.2. The number of carbonyl (C=O) groups excluding carboxylic acids is 1. The Kier molecular flexibility index (Phi) is 8.87. The molecule has 2 N–H and O–H groups in total. The Morgan fingerprint density at radius 2 is 1.72 bits per heavy atom. The zero-order valence-corrected chi connectivity index (χ0v) is 26.2. The van der Waals surface area contributed by atoms with Crippen LogP contribution in [0.15, 0.2) is 95.5 Å². The van der Waals surface area contributed by atoms with Crippen molar-refractivity contribution in [1.82, 2.24) is 20.1 Å². The molecule has 238 valence electrons. The number of rotatable bonds is 9. The number of β-amino-alcohol motifs (C(OH)–C–C–N with tert-alkyl or cyclic N) is 1. The molecule has 9 nitrogen and oxygen atoms in total. The molecule has 0 aliphatic carbocycles. The lowest BCUT2D eigenvalue weighted by molar-refractivity contribution is -0.128. The number of benzene rings is 3. The molecule has 2 atom stereocenters. The highest BCUT2D eigenvalue weighted by Gasteiger charge is 2.35. The maximum Gasteiger partial charge on any atom is 0.245 e. The molecule has 46 heavy (non-hydrogen) atoms. The van der Waals surface area contributed by atoms with E-state index in [-0.39, 0.29) is 11.9 Å². The third-order valence-corrected chi connectivity index (χ3v) is 9.47. The number of para-hydroxylation sites is 2. The van der Waals surface area contributed by atoms with Gasteiger partial charge in [-0.05, 0) is 66.9 Å². The van der Waals surface area contributed by atoms with Crippen molar-refractivity contribution in [2.75, 3.05) is 57.8 Å². The van der Waals surface area contributed by atoms with Gasteiger partial charge in [0.15, 0.2) is 0 Å². The van der Waals surface area contributed by atoms with Gasteiger partial charge in [0.2, 0.25) is 5.91 Å². The molecule has 9 heteroatoms. The summed E-state index contributed by atoms with van der Waals surface area (Å²) in [6.07, 6.45) is 2.72. The highest BCUT2D eigenvalue weighted by Crippen LogP contribution is 2.31. The van der Waals surface area contributed by atoms with Crippen LogP contribution in [0.25, 0.3) is 21.9 Å². The number of likely N-dealkylation sites (tertiary alicyclic amines) is 1. The minimum Gasteiger partial charge on any atom is -0.497 e. The molecule has 0 radical (unpaired) electrons. The number of fused-ring (bicyclic) bond motifs is 2. The second-order valence-corrected chi connectivity index (χ2v) is 12.3. The molecule has 2 fully saturated rings. The van der Waals surface area contributed by atoms with Crippen LogP contribution in [0.1, 0.15) is 36.3 Å². The molecule has 0 spiro atoms. The number of anilines is 1. The third-order valence-electron chi connectivity index (χ3n) is 9.47. The summed E-state index contributed by atoms with van der Waals surface area (Å²) < 4.78 is 11.7. The van der Waals surface area contributed by atoms with Crippen LogP contribution in [-0.2, 0) is 4.79 Å². The molecule has 7 rings (SSSR count). The predicted octanol–water partition coefficient (Wildman–Crippen LogP) is 5.17. The largest absolute Gasteiger partial charge is 0.497 e. The lowest BCUT2D eigenvalue weighted by Gasteiger charge is -2.40. The molecular weight excluding hydrogens is 578 g/mol. The lowest BCUT2D eigenvalue weighted by atomic mass is 10.0. The van der Waals surface area contributed by atoms with Gasteiger partial charge >= 0.3 is 0 Å². The lowest BCUT2D eigenvalue weighted by Crippen LogP contribution is -2.53. The van der Waals surface area contributed by atoms with E-state index in [4.69, 9.17) is 9.15 Å². The first-order valence-electron chi connectivity index (χ1n) is 16.2. The van der Waals surface area contributed by atoms with Gasteiger partial charge in [-0.2, -0.15) is 0 Å². The zero-order valence-electron chi connectivity index (χ0n) is 26.2. The van der Waals surface area contributed by atoms with Crippen molar-refractivity contribution in [3.8, 4) is 5.75 Å². The van der Waals surface area contributed by atoms with Gasteiger partial charge in [-0.15, -0.1) is 0 Å². The highest BCUT2D eigenvalue weighted by atomic mass is 16.5. The van der Waals surface area contributed by atoms with Crippen molar-refractivity contribution in [2.24, 2.45) is 0 Å². The Morgan fingerprint density at radius 1 is 0.957 bits per heavy atom. The van der Waals surface area contributed by atoms with Crippen LogP contribution in [0.4, 0.5) is 5.69 Å². The van der Waals surface area contributed by atoms with Crippen LogP contribution >= 0.6 is 0 Å². The number of carbonyl (C=O) groups is 1. The van der Waals surface area contributed by atoms with E-state index in [9.17, 15) is 9.90 Å². The van der Waals surface area contributed by atoms with E-state index < -0.39 is 12.1 Å². The van der Waals surface area contributed by atoms with Crippen LogP contribution in [0.3, 0.4) is 0 Å². The number of aliphatic hydroxyl groups excluding tert-OH is 1. The van der Waals surface area contributed by atoms with E-state index in [0.29, 0.717) is 12.3 Å². The van der Waals surface area contributed by atoms with Gasteiger partial charge in [-0.3, -0.25) is 14.7 Å². The molecule has 5 aromatic rings. The minimum atomic E-state index is -0.657. The number of hydrogen-bond acceptors (Lipinski definition) is 8. The van der Waals surface area contributed by atoms with E-state index >= 15 is 0 Å². The molecule has 2 saturated heterocycles. The van der Waals surface area contributed by atoms with Crippen LogP contribution in [0.2, 0.25) is 0 Å². The van der Waals surface area contributed by atoms with Crippen molar-refractivity contribution in [3.05, 3.63) is 102 Å². The van der Waals surface area contributed by atoms with Gasteiger partial charge in [0.05, 0.1) is 18.7 Å². The van der Waals surface area contributed by atoms with Crippen LogP contribution in [-0.4, -0.2) is 84.8 Å². The van der Waals surface area contributed by atoms with Gasteiger partial charge in [0.25, 0.3) is 0 Å². The number of nitrogens with zero attached hydrogens (tertiary/aromatic N) is 4. The summed E-state index contributed by atoms with van der Waals surface area (Å²) >= 11 is 0. The summed E-state index contributed by atoms with van der Waals surface area (Å²) in [4.78, 5) is 25.4. The van der Waals surface area contributed by atoms with Gasteiger partial charge in [-0.25, -0.2) is 0 Å². The predicted molar refractivity (Wildman–Crippen MR) is 180 cm³/mol. The highest BCUT2D eigenvalue weighted by molar-refractivity contribution is 5.86. The average molecular weight is 620 g/mol. The molecule has 4 heterocycles. The number of aliphatic hydroxyl groups is 1. The summed E-state index contributed by atoms with van der Waals surface area (Å²) in [5.74, 6) is 1.42. The van der Waals surface area contributed by atoms with Crippen LogP contribution in [0, 0.1) is 0 Å². The van der Waals surface area contributed by atoms with Gasteiger partial charge in [0.1, 0.15) is 23.1 Å². The van der Waals surface area contributed by atoms with Crippen molar-refractivity contribution in [2.45, 2.75) is 31.0 Å². The summed E-state index contributed by atoms with van der Waals surface area (Å²) in [5, 5.41) is 16.5. The number of hydrogen-bond donors (Lipinski definition) is 2. The van der Waals surface area contributed by atoms with Crippen molar-refractivity contribution >= 4 is 33.5 Å². The van der Waals surface area contributed by atoms with Crippen molar-refractivity contribution in [3.63, 3.8) is 0 Å². The topological polar surface area (TPSA) is 94.3 Å². The normalized spacial score (nSPS) is 18.1. The molecular formula is C37H41N5O4. The summed E-state index contributed by atoms with van der Waals surface area (Å²) in [6.45, 7) is 5.30. The van der Waals surface area contributed by atoms with E-state index in [1.165, 1.54) is 5.69 Å². The zero-order chi connectivity index (χ0) is 31.5. The van der Waals surface area contributed by atoms with Crippen LogP contribution in [0.5, 0.6) is 5.75 Å². The fourth-order valence-electron chi connectivity index (χ4n) is 6.94. The fraction of sp³-hybridized carbons (Fsp3) is 0.351. The van der Waals surface area contributed by atoms with Gasteiger partial charge in [-0.1, -0.05) is 36.4 Å². The smallest absolute Gasteiger partial charge is 0.245 e. The molecule has 1 amide bonds. The Labute approximate surface area is 269 Å². The molecule has 2 aliphatic heterocycles. The first-order valence-corrected chi connectivity index (χ1v) is 16.2. The number of piperazine rings is 1. The number of piperidine rings is 1. The van der Waals surface area contributed by atoms with E-state index in [0.717, 1.165) is 85.3 Å². The number of methoxy groups -OCH3 is 1. The molecule has 3 aromatic carbocycles. The Hall–Kier alpha value is -4.44. The van der Waals surface area contributed by atoms with E-state index in [2.05, 4.69) is 49.3 Å². The van der Waals surface area contributed by atoms with Crippen LogP contribution < -0.4 is 15.0 Å². The molecule has 2 aliphatic rings. The van der Waals surface area contributed by atoms with E-state index in [1.807, 2.05) is 60.7 Å². The van der Waals surface area contributed by atoms with E-state index in [1.54, 1.807) is 13.3 Å². The number of pyridine rings is 1. The Morgan fingerprint density at radius 3 is 2.48 bits per heavy atom. The maximum absolute atomic E-state index is 14.1. The second kappa shape index (κ2) is 13.5. The van der Waals surface area contributed by atoms with Crippen molar-refractivity contribution < 1.29 is 19.1 Å². The third kappa shape index (κ3) is 6.44. The fourth-order valence-corrected chi connectivity index (χ4v) is 6.94. The second-order valence-electron chi connectivity index (χ2n) is 12.3. The molecule has 2 aromatic heterocycles. The molecule has 1 unspecified atom stereocenters. The monoisotopic (exact) mass is 619 g/mol. The average Bonchev–Trinajstić information content (AvgIpc) is 3.53. The van der Waals surface area contributed by atoms with Crippen molar-refractivity contribution in [1.29, 1.82) is 0 Å². The number of amides is 1. The van der Waals surface area contributed by atoms with Gasteiger partial charge < -0.3 is 29.4 Å².